The molecule has 1 N–H and O–H groups in total. The molecule has 0 aliphatic carbocycles. The molecule has 0 fully saturated rings. The third kappa shape index (κ3) is 3.53. The monoisotopic (exact) mass is 375 g/mol. The molecule has 1 aliphatic rings. The number of hydrogen-bond acceptors (Lipinski definition) is 4. The molecule has 6 heteroatoms. The molecule has 2 unspecified atom stereocenters. The van der Waals surface area contributed by atoms with Crippen molar-refractivity contribution in [2.75, 3.05) is 0 Å². The van der Waals surface area contributed by atoms with Crippen molar-refractivity contribution in [2.24, 2.45) is 0 Å². The van der Waals surface area contributed by atoms with Gasteiger partial charge in [0.15, 0.2) is 5.76 Å². The van der Waals surface area contributed by atoms with Crippen LogP contribution in [0.1, 0.15) is 40.3 Å². The maximum atomic E-state index is 13.1. The van der Waals surface area contributed by atoms with Gasteiger partial charge in [-0.1, -0.05) is 30.3 Å². The largest absolute Gasteiger partial charge is 0.459 e. The SMILES string of the molecule is CC(NC(=O)C1Cc2ccccc2CN1C(=O)c1ccco1)c1ccccn1. The van der Waals surface area contributed by atoms with Gasteiger partial charge < -0.3 is 14.6 Å². The number of pyridine rings is 1. The summed E-state index contributed by atoms with van der Waals surface area (Å²) in [5.74, 6) is -0.257. The zero-order chi connectivity index (χ0) is 19.5. The lowest BCUT2D eigenvalue weighted by Crippen LogP contribution is -2.52. The number of carbonyl (C=O) groups excluding carboxylic acids is 2. The Kier molecular flexibility index (Phi) is 4.93. The second kappa shape index (κ2) is 7.68. The van der Waals surface area contributed by atoms with Crippen LogP contribution in [0.4, 0.5) is 0 Å². The van der Waals surface area contributed by atoms with E-state index in [1.807, 2.05) is 49.4 Å². The number of hydrogen-bond donors (Lipinski definition) is 1. The average molecular weight is 375 g/mol. The van der Waals surface area contributed by atoms with Crippen molar-refractivity contribution in [1.82, 2.24) is 15.2 Å². The fourth-order valence-electron chi connectivity index (χ4n) is 3.53. The lowest BCUT2D eigenvalue weighted by atomic mass is 9.93. The van der Waals surface area contributed by atoms with E-state index in [1.54, 1.807) is 23.2 Å². The molecule has 0 spiro atoms. The lowest BCUT2D eigenvalue weighted by Gasteiger charge is -2.36. The van der Waals surface area contributed by atoms with Crippen molar-refractivity contribution in [2.45, 2.75) is 32.0 Å². The van der Waals surface area contributed by atoms with Gasteiger partial charge in [0.2, 0.25) is 5.91 Å². The first-order chi connectivity index (χ1) is 13.6. The summed E-state index contributed by atoms with van der Waals surface area (Å²) in [5.41, 5.74) is 2.90. The fourth-order valence-corrected chi connectivity index (χ4v) is 3.53. The molecule has 0 saturated carbocycles. The maximum Gasteiger partial charge on any atom is 0.290 e. The summed E-state index contributed by atoms with van der Waals surface area (Å²) in [4.78, 5) is 32.0. The quantitative estimate of drug-likeness (QED) is 0.760. The second-order valence-electron chi connectivity index (χ2n) is 6.88. The highest BCUT2D eigenvalue weighted by atomic mass is 16.3. The molecule has 0 radical (unpaired) electrons. The minimum atomic E-state index is -0.612. The second-order valence-corrected chi connectivity index (χ2v) is 6.88. The molecule has 1 aromatic carbocycles. The summed E-state index contributed by atoms with van der Waals surface area (Å²) in [6.45, 7) is 2.25. The number of amides is 2. The molecule has 2 atom stereocenters. The molecule has 1 aliphatic heterocycles. The predicted molar refractivity (Wildman–Crippen MR) is 103 cm³/mol. The standard InChI is InChI=1S/C22H21N3O3/c1-15(18-9-4-5-11-23-18)24-21(26)19-13-16-7-2-3-8-17(16)14-25(19)22(27)20-10-6-12-28-20/h2-12,15,19H,13-14H2,1H3,(H,24,26). The Morgan fingerprint density at radius 1 is 1.11 bits per heavy atom. The predicted octanol–water partition coefficient (Wildman–Crippen LogP) is 3.12. The summed E-state index contributed by atoms with van der Waals surface area (Å²) in [7, 11) is 0. The Hall–Kier alpha value is -3.41. The normalized spacial score (nSPS) is 16.9. The molecular weight excluding hydrogens is 354 g/mol. The fraction of sp³-hybridized carbons (Fsp3) is 0.227. The van der Waals surface area contributed by atoms with Crippen molar-refractivity contribution >= 4 is 11.8 Å². The number of rotatable bonds is 4. The molecule has 2 amide bonds. The van der Waals surface area contributed by atoms with Crippen LogP contribution in [0.3, 0.4) is 0 Å². The van der Waals surface area contributed by atoms with Crippen LogP contribution in [-0.4, -0.2) is 27.7 Å². The van der Waals surface area contributed by atoms with Crippen LogP contribution in [0.5, 0.6) is 0 Å². The van der Waals surface area contributed by atoms with Crippen molar-refractivity contribution < 1.29 is 14.0 Å². The zero-order valence-corrected chi connectivity index (χ0v) is 15.5. The molecule has 4 rings (SSSR count). The van der Waals surface area contributed by atoms with Gasteiger partial charge in [-0.25, -0.2) is 0 Å². The van der Waals surface area contributed by atoms with Gasteiger partial charge >= 0.3 is 0 Å². The molecule has 28 heavy (non-hydrogen) atoms. The molecule has 2 aromatic heterocycles. The Bertz CT molecular complexity index is 970. The third-order valence-electron chi connectivity index (χ3n) is 5.03. The van der Waals surface area contributed by atoms with E-state index in [9.17, 15) is 9.59 Å². The third-order valence-corrected chi connectivity index (χ3v) is 5.03. The van der Waals surface area contributed by atoms with Gasteiger partial charge in [-0.15, -0.1) is 0 Å². The molecule has 3 aromatic rings. The van der Waals surface area contributed by atoms with Crippen LogP contribution in [0.15, 0.2) is 71.5 Å². The van der Waals surface area contributed by atoms with Crippen molar-refractivity contribution in [3.63, 3.8) is 0 Å². The van der Waals surface area contributed by atoms with Crippen molar-refractivity contribution in [3.05, 3.63) is 89.6 Å². The number of furan rings is 1. The minimum Gasteiger partial charge on any atom is -0.459 e. The average Bonchev–Trinajstić information content (AvgIpc) is 3.27. The first kappa shape index (κ1) is 18.0. The van der Waals surface area contributed by atoms with E-state index in [-0.39, 0.29) is 23.6 Å². The Balaban J connectivity index is 1.60. The summed E-state index contributed by atoms with van der Waals surface area (Å²) < 4.78 is 5.28. The number of fused-ring (bicyclic) bond motifs is 1. The minimum absolute atomic E-state index is 0.201. The summed E-state index contributed by atoms with van der Waals surface area (Å²) in [6, 6.07) is 15.9. The van der Waals surface area contributed by atoms with Crippen LogP contribution in [0, 0.1) is 0 Å². The smallest absolute Gasteiger partial charge is 0.290 e. The highest BCUT2D eigenvalue weighted by Gasteiger charge is 2.36. The van der Waals surface area contributed by atoms with E-state index < -0.39 is 6.04 Å². The van der Waals surface area contributed by atoms with Crippen molar-refractivity contribution in [1.29, 1.82) is 0 Å². The summed E-state index contributed by atoms with van der Waals surface area (Å²) >= 11 is 0. The molecule has 0 saturated heterocycles. The zero-order valence-electron chi connectivity index (χ0n) is 15.5. The lowest BCUT2D eigenvalue weighted by molar-refractivity contribution is -0.126. The van der Waals surface area contributed by atoms with Gasteiger partial charge in [0.25, 0.3) is 5.91 Å². The Morgan fingerprint density at radius 3 is 2.61 bits per heavy atom. The number of benzene rings is 1. The van der Waals surface area contributed by atoms with Crippen LogP contribution in [0.25, 0.3) is 0 Å². The number of nitrogens with one attached hydrogen (secondary N) is 1. The van der Waals surface area contributed by atoms with Gasteiger partial charge in [-0.05, 0) is 42.3 Å². The maximum absolute atomic E-state index is 13.1. The van der Waals surface area contributed by atoms with E-state index in [4.69, 9.17) is 4.42 Å². The van der Waals surface area contributed by atoms with Crippen LogP contribution >= 0.6 is 0 Å². The van der Waals surface area contributed by atoms with Gasteiger partial charge in [0.05, 0.1) is 18.0 Å². The van der Waals surface area contributed by atoms with E-state index in [2.05, 4.69) is 10.3 Å². The van der Waals surface area contributed by atoms with Gasteiger partial charge in [-0.3, -0.25) is 14.6 Å². The van der Waals surface area contributed by atoms with Gasteiger partial charge in [0.1, 0.15) is 6.04 Å². The highest BCUT2D eigenvalue weighted by Crippen LogP contribution is 2.26. The topological polar surface area (TPSA) is 75.4 Å². The number of aromatic nitrogens is 1. The van der Waals surface area contributed by atoms with E-state index in [1.165, 1.54) is 6.26 Å². The first-order valence-electron chi connectivity index (χ1n) is 9.26. The van der Waals surface area contributed by atoms with E-state index in [0.29, 0.717) is 13.0 Å². The summed E-state index contributed by atoms with van der Waals surface area (Å²) in [5, 5.41) is 3.00. The Morgan fingerprint density at radius 2 is 1.89 bits per heavy atom. The van der Waals surface area contributed by atoms with Gasteiger partial charge in [-0.2, -0.15) is 0 Å². The molecule has 6 nitrogen and oxygen atoms in total. The first-order valence-corrected chi connectivity index (χ1v) is 9.26. The van der Waals surface area contributed by atoms with Gasteiger partial charge in [0, 0.05) is 19.2 Å². The highest BCUT2D eigenvalue weighted by molar-refractivity contribution is 5.96. The number of carbonyl (C=O) groups is 2. The number of nitrogens with zero attached hydrogens (tertiary/aromatic N) is 2. The molecule has 142 valence electrons. The van der Waals surface area contributed by atoms with E-state index in [0.717, 1.165) is 16.8 Å². The van der Waals surface area contributed by atoms with E-state index >= 15 is 0 Å². The van der Waals surface area contributed by atoms with Crippen molar-refractivity contribution in [3.8, 4) is 0 Å². The summed E-state index contributed by atoms with van der Waals surface area (Å²) in [6.07, 6.45) is 3.62. The van der Waals surface area contributed by atoms with Crippen LogP contribution in [-0.2, 0) is 17.8 Å². The molecule has 3 heterocycles. The molecular formula is C22H21N3O3. The van der Waals surface area contributed by atoms with Crippen LogP contribution in [0.2, 0.25) is 0 Å². The molecule has 0 bridgehead atoms. The van der Waals surface area contributed by atoms with Crippen LogP contribution < -0.4 is 5.32 Å². The Labute approximate surface area is 163 Å².